The van der Waals surface area contributed by atoms with E-state index in [-0.39, 0.29) is 0 Å². The molecule has 0 radical (unpaired) electrons. The molecule has 0 aliphatic carbocycles. The molecule has 12 rings (SSSR count). The van der Waals surface area contributed by atoms with E-state index in [0.29, 0.717) is 0 Å². The third-order valence-corrected chi connectivity index (χ3v) is 14.1. The van der Waals surface area contributed by atoms with E-state index in [1.54, 1.807) is 0 Å². The molecule has 0 N–H and O–H groups in total. The van der Waals surface area contributed by atoms with Gasteiger partial charge in [0, 0.05) is 34.1 Å². The smallest absolute Gasteiger partial charge is 0.0467 e. The first-order valence-electron chi connectivity index (χ1n) is 25.5. The number of hydrogen-bond acceptors (Lipinski definition) is 2. The van der Waals surface area contributed by atoms with Crippen LogP contribution in [0, 0.1) is 13.8 Å². The summed E-state index contributed by atoms with van der Waals surface area (Å²) >= 11 is 0. The van der Waals surface area contributed by atoms with Gasteiger partial charge in [-0.15, -0.1) is 0 Å². The summed E-state index contributed by atoms with van der Waals surface area (Å²) in [5.41, 5.74) is 23.4. The Hall–Kier alpha value is -9.50. The minimum absolute atomic E-state index is 1.08. The van der Waals surface area contributed by atoms with E-state index < -0.39 is 0 Å². The Bertz CT molecular complexity index is 3750. The minimum Gasteiger partial charge on any atom is -0.311 e. The average Bonchev–Trinajstić information content (AvgIpc) is 3.46. The van der Waals surface area contributed by atoms with Gasteiger partial charge in [-0.05, 0) is 170 Å². The highest BCUT2D eigenvalue weighted by Gasteiger charge is 2.17. The number of hydrogen-bond donors (Lipinski definition) is 0. The summed E-state index contributed by atoms with van der Waals surface area (Å²) in [4.78, 5) is 4.72. The van der Waals surface area contributed by atoms with Crippen molar-refractivity contribution in [1.29, 1.82) is 0 Å². The molecule has 0 saturated heterocycles. The van der Waals surface area contributed by atoms with Crippen LogP contribution in [0.2, 0.25) is 0 Å². The number of benzene rings is 12. The number of fused-ring (bicyclic) bond motifs is 1. The molecule has 352 valence electrons. The van der Waals surface area contributed by atoms with Crippen molar-refractivity contribution in [2.75, 3.05) is 9.80 Å². The fraction of sp³-hybridized carbons (Fsp3) is 0.0278. The molecule has 2 nitrogen and oxygen atoms in total. The summed E-state index contributed by atoms with van der Waals surface area (Å²) in [5.74, 6) is 0. The molecule has 0 aliphatic rings. The molecule has 0 amide bonds. The van der Waals surface area contributed by atoms with Crippen LogP contribution in [-0.2, 0) is 0 Å². The van der Waals surface area contributed by atoms with Crippen LogP contribution in [-0.4, -0.2) is 0 Å². The van der Waals surface area contributed by atoms with Crippen LogP contribution in [0.4, 0.5) is 34.1 Å². The largest absolute Gasteiger partial charge is 0.311 e. The van der Waals surface area contributed by atoms with E-state index in [1.165, 1.54) is 72.0 Å². The molecule has 12 aromatic rings. The summed E-state index contributed by atoms with van der Waals surface area (Å²) in [7, 11) is 0. The van der Waals surface area contributed by atoms with E-state index in [0.717, 1.165) is 50.8 Å². The lowest BCUT2D eigenvalue weighted by Crippen LogP contribution is -2.10. The Kier molecular flexibility index (Phi) is 12.5. The Morgan fingerprint density at radius 2 is 0.541 bits per heavy atom. The van der Waals surface area contributed by atoms with Crippen LogP contribution in [0.1, 0.15) is 11.1 Å². The van der Waals surface area contributed by atoms with Gasteiger partial charge in [-0.3, -0.25) is 0 Å². The predicted molar refractivity (Wildman–Crippen MR) is 315 cm³/mol. The summed E-state index contributed by atoms with van der Waals surface area (Å²) < 4.78 is 0. The number of rotatable bonds is 12. The maximum Gasteiger partial charge on any atom is 0.0467 e. The van der Waals surface area contributed by atoms with E-state index >= 15 is 0 Å². The first kappa shape index (κ1) is 45.6. The van der Waals surface area contributed by atoms with E-state index in [4.69, 9.17) is 0 Å². The SMILES string of the molecule is Cc1cc(C)cc(-c2cccc(-c3cccc(N(c4ccc(-c5ccc(N(c6ccc(-c7ccccc7)cc6)c6ccc(-c7ccccc7)cc6)cc5)cc4)c4ccc(-c5cccc6ccccc56)cc4)c3)c2)c1. The zero-order chi connectivity index (χ0) is 49.8. The highest BCUT2D eigenvalue weighted by molar-refractivity contribution is 5.97. The molecule has 0 unspecified atom stereocenters. The molecule has 0 bridgehead atoms. The summed E-state index contributed by atoms with van der Waals surface area (Å²) in [5, 5.41) is 2.49. The Morgan fingerprint density at radius 1 is 0.203 bits per heavy atom. The van der Waals surface area contributed by atoms with Crippen molar-refractivity contribution in [1.82, 2.24) is 0 Å². The molecule has 0 fully saturated rings. The van der Waals surface area contributed by atoms with Gasteiger partial charge >= 0.3 is 0 Å². The second-order valence-electron chi connectivity index (χ2n) is 19.2. The van der Waals surface area contributed by atoms with Crippen LogP contribution in [0.25, 0.3) is 77.5 Å². The Labute approximate surface area is 435 Å². The number of nitrogens with zero attached hydrogens (tertiary/aromatic N) is 2. The molecule has 12 aromatic carbocycles. The fourth-order valence-corrected chi connectivity index (χ4v) is 10.5. The van der Waals surface area contributed by atoms with Crippen molar-refractivity contribution in [3.05, 3.63) is 302 Å². The van der Waals surface area contributed by atoms with Gasteiger partial charge in [0.1, 0.15) is 0 Å². The van der Waals surface area contributed by atoms with Crippen molar-refractivity contribution in [3.8, 4) is 66.8 Å². The fourth-order valence-electron chi connectivity index (χ4n) is 10.5. The third kappa shape index (κ3) is 9.53. The molecule has 0 aromatic heterocycles. The second-order valence-corrected chi connectivity index (χ2v) is 19.2. The van der Waals surface area contributed by atoms with Crippen molar-refractivity contribution in [2.24, 2.45) is 0 Å². The number of aryl methyl sites for hydroxylation is 2. The van der Waals surface area contributed by atoms with Crippen molar-refractivity contribution in [2.45, 2.75) is 13.8 Å². The van der Waals surface area contributed by atoms with Crippen LogP contribution in [0.3, 0.4) is 0 Å². The van der Waals surface area contributed by atoms with Crippen LogP contribution >= 0.6 is 0 Å². The topological polar surface area (TPSA) is 6.48 Å². The highest BCUT2D eigenvalue weighted by atomic mass is 15.1. The van der Waals surface area contributed by atoms with E-state index in [1.807, 2.05) is 0 Å². The molecule has 0 spiro atoms. The minimum atomic E-state index is 1.08. The molecule has 2 heteroatoms. The second kappa shape index (κ2) is 20.3. The summed E-state index contributed by atoms with van der Waals surface area (Å²) in [6.07, 6.45) is 0. The van der Waals surface area contributed by atoms with Crippen molar-refractivity contribution in [3.63, 3.8) is 0 Å². The molecule has 0 heterocycles. The average molecular weight is 947 g/mol. The number of anilines is 6. The van der Waals surface area contributed by atoms with Crippen molar-refractivity contribution < 1.29 is 0 Å². The quantitative estimate of drug-likeness (QED) is 0.120. The Balaban J connectivity index is 0.883. The molecule has 74 heavy (non-hydrogen) atoms. The van der Waals surface area contributed by atoms with E-state index in [2.05, 4.69) is 315 Å². The zero-order valence-corrected chi connectivity index (χ0v) is 41.6. The molecule has 0 atom stereocenters. The maximum absolute atomic E-state index is 2.38. The molecular formula is C72H54N2. The molecule has 0 saturated carbocycles. The zero-order valence-electron chi connectivity index (χ0n) is 41.6. The van der Waals surface area contributed by atoms with E-state index in [9.17, 15) is 0 Å². The summed E-state index contributed by atoms with van der Waals surface area (Å²) in [6, 6.07) is 106. The molecular weight excluding hydrogens is 893 g/mol. The monoisotopic (exact) mass is 946 g/mol. The van der Waals surface area contributed by atoms with Crippen LogP contribution in [0.5, 0.6) is 0 Å². The first-order valence-corrected chi connectivity index (χ1v) is 25.5. The van der Waals surface area contributed by atoms with Gasteiger partial charge in [-0.25, -0.2) is 0 Å². The van der Waals surface area contributed by atoms with Gasteiger partial charge in [0.15, 0.2) is 0 Å². The van der Waals surface area contributed by atoms with Crippen LogP contribution in [0.15, 0.2) is 291 Å². The lowest BCUT2D eigenvalue weighted by molar-refractivity contribution is 1.28. The van der Waals surface area contributed by atoms with Gasteiger partial charge in [0.2, 0.25) is 0 Å². The first-order chi connectivity index (χ1) is 36.5. The standard InChI is InChI=1S/C72H54N2/c1-51-46-52(2)48-64(47-51)62-21-11-20-61(49-62)63-22-12-23-70(50-63)74(69-44-34-60(35-45-69)72-25-13-19-59-18-9-10-24-71(59)72)68-42-32-58(33-43-68)57-30-40-67(41-31-57)73(65-36-26-55(27-37-65)53-14-5-3-6-15-53)66-38-28-56(29-39-66)54-16-7-4-8-17-54/h3-50H,1-2H3. The maximum atomic E-state index is 2.38. The van der Waals surface area contributed by atoms with Crippen molar-refractivity contribution >= 4 is 44.9 Å². The summed E-state index contributed by atoms with van der Waals surface area (Å²) in [6.45, 7) is 4.34. The van der Waals surface area contributed by atoms with Gasteiger partial charge in [-0.1, -0.05) is 223 Å². The van der Waals surface area contributed by atoms with Gasteiger partial charge in [-0.2, -0.15) is 0 Å². The molecule has 0 aliphatic heterocycles. The van der Waals surface area contributed by atoms with Gasteiger partial charge < -0.3 is 9.80 Å². The highest BCUT2D eigenvalue weighted by Crippen LogP contribution is 2.42. The van der Waals surface area contributed by atoms with Crippen LogP contribution < -0.4 is 9.80 Å². The van der Waals surface area contributed by atoms with Gasteiger partial charge in [0.25, 0.3) is 0 Å². The normalized spacial score (nSPS) is 11.1. The lowest BCUT2D eigenvalue weighted by atomic mass is 9.96. The predicted octanol–water partition coefficient (Wildman–Crippen LogP) is 20.4. The lowest BCUT2D eigenvalue weighted by Gasteiger charge is -2.27. The third-order valence-electron chi connectivity index (χ3n) is 14.1. The Morgan fingerprint density at radius 3 is 1.03 bits per heavy atom. The van der Waals surface area contributed by atoms with Gasteiger partial charge in [0.05, 0.1) is 0 Å².